The van der Waals surface area contributed by atoms with Crippen molar-refractivity contribution in [3.63, 3.8) is 0 Å². The number of rotatable bonds is 7. The lowest BCUT2D eigenvalue weighted by atomic mass is 10.3. The highest BCUT2D eigenvalue weighted by molar-refractivity contribution is 5.94. The Balaban J connectivity index is 2.39. The number of amides is 2. The van der Waals surface area contributed by atoms with Gasteiger partial charge in [-0.2, -0.15) is 0 Å². The zero-order chi connectivity index (χ0) is 15.0. The van der Waals surface area contributed by atoms with Crippen LogP contribution in [0.25, 0.3) is 0 Å². The van der Waals surface area contributed by atoms with Crippen LogP contribution in [0, 0.1) is 0 Å². The van der Waals surface area contributed by atoms with E-state index < -0.39 is 5.91 Å². The van der Waals surface area contributed by atoms with Gasteiger partial charge in [0.15, 0.2) is 5.76 Å². The third-order valence-electron chi connectivity index (χ3n) is 2.69. The standard InChI is InChI=1S/C13H18N2O5/c1-3-15(7-6-12(17)19-2)11(16)9-14-13(18)10-5-4-8-20-10/h4-5,8H,3,6-7,9H2,1-2H3,(H,14,18). The van der Waals surface area contributed by atoms with Crippen molar-refractivity contribution in [2.75, 3.05) is 26.7 Å². The summed E-state index contributed by atoms with van der Waals surface area (Å²) < 4.78 is 9.42. The van der Waals surface area contributed by atoms with E-state index in [1.807, 2.05) is 0 Å². The Bertz CT molecular complexity index is 455. The lowest BCUT2D eigenvalue weighted by Crippen LogP contribution is -2.41. The van der Waals surface area contributed by atoms with E-state index in [1.165, 1.54) is 24.3 Å². The van der Waals surface area contributed by atoms with Crippen LogP contribution >= 0.6 is 0 Å². The number of likely N-dealkylation sites (N-methyl/N-ethyl adjacent to an activating group) is 1. The molecular formula is C13H18N2O5. The van der Waals surface area contributed by atoms with E-state index in [9.17, 15) is 14.4 Å². The average molecular weight is 282 g/mol. The molecule has 0 spiro atoms. The third-order valence-corrected chi connectivity index (χ3v) is 2.69. The molecule has 1 rings (SSSR count). The summed E-state index contributed by atoms with van der Waals surface area (Å²) in [5.41, 5.74) is 0. The van der Waals surface area contributed by atoms with Crippen molar-refractivity contribution in [3.8, 4) is 0 Å². The molecule has 0 fully saturated rings. The number of carbonyl (C=O) groups is 3. The molecule has 1 heterocycles. The molecule has 7 nitrogen and oxygen atoms in total. The zero-order valence-electron chi connectivity index (χ0n) is 11.5. The summed E-state index contributed by atoms with van der Waals surface area (Å²) in [6.07, 6.45) is 1.51. The molecule has 0 radical (unpaired) electrons. The van der Waals surface area contributed by atoms with Crippen molar-refractivity contribution in [1.29, 1.82) is 0 Å². The van der Waals surface area contributed by atoms with Gasteiger partial charge in [0, 0.05) is 13.1 Å². The monoisotopic (exact) mass is 282 g/mol. The van der Waals surface area contributed by atoms with E-state index in [0.29, 0.717) is 6.54 Å². The summed E-state index contributed by atoms with van der Waals surface area (Å²) in [5, 5.41) is 2.46. The van der Waals surface area contributed by atoms with Crippen LogP contribution in [0.3, 0.4) is 0 Å². The van der Waals surface area contributed by atoms with E-state index in [0.717, 1.165) is 0 Å². The quantitative estimate of drug-likeness (QED) is 0.732. The molecule has 0 aliphatic carbocycles. The summed E-state index contributed by atoms with van der Waals surface area (Å²) in [6, 6.07) is 3.10. The van der Waals surface area contributed by atoms with Gasteiger partial charge in [-0.3, -0.25) is 14.4 Å². The van der Waals surface area contributed by atoms with Crippen molar-refractivity contribution in [1.82, 2.24) is 10.2 Å². The van der Waals surface area contributed by atoms with Gasteiger partial charge in [-0.15, -0.1) is 0 Å². The van der Waals surface area contributed by atoms with Gasteiger partial charge < -0.3 is 19.4 Å². The Morgan fingerprint density at radius 1 is 1.40 bits per heavy atom. The van der Waals surface area contributed by atoms with Crippen molar-refractivity contribution in [3.05, 3.63) is 24.2 Å². The predicted molar refractivity (Wildman–Crippen MR) is 69.9 cm³/mol. The minimum absolute atomic E-state index is 0.127. The number of esters is 1. The normalized spacial score (nSPS) is 9.90. The minimum Gasteiger partial charge on any atom is -0.469 e. The first-order valence-electron chi connectivity index (χ1n) is 6.24. The van der Waals surface area contributed by atoms with Crippen LogP contribution < -0.4 is 5.32 Å². The van der Waals surface area contributed by atoms with Crippen molar-refractivity contribution in [2.45, 2.75) is 13.3 Å². The van der Waals surface area contributed by atoms with Gasteiger partial charge in [0.1, 0.15) is 0 Å². The van der Waals surface area contributed by atoms with Gasteiger partial charge in [-0.05, 0) is 19.1 Å². The van der Waals surface area contributed by atoms with E-state index in [2.05, 4.69) is 10.1 Å². The van der Waals surface area contributed by atoms with Crippen molar-refractivity contribution in [2.24, 2.45) is 0 Å². The van der Waals surface area contributed by atoms with E-state index in [1.54, 1.807) is 13.0 Å². The first kappa shape index (κ1) is 15.7. The van der Waals surface area contributed by atoms with Gasteiger partial charge in [-0.1, -0.05) is 0 Å². The molecule has 7 heteroatoms. The molecule has 1 N–H and O–H groups in total. The van der Waals surface area contributed by atoms with E-state index in [4.69, 9.17) is 4.42 Å². The van der Waals surface area contributed by atoms with Gasteiger partial charge >= 0.3 is 5.97 Å². The van der Waals surface area contributed by atoms with Crippen molar-refractivity contribution >= 4 is 17.8 Å². The van der Waals surface area contributed by atoms with Gasteiger partial charge in [0.05, 0.1) is 26.3 Å². The number of hydrogen-bond donors (Lipinski definition) is 1. The smallest absolute Gasteiger partial charge is 0.307 e. The van der Waals surface area contributed by atoms with Gasteiger partial charge in [0.25, 0.3) is 5.91 Å². The van der Waals surface area contributed by atoms with Gasteiger partial charge in [0.2, 0.25) is 5.91 Å². The third kappa shape index (κ3) is 4.75. The summed E-state index contributed by atoms with van der Waals surface area (Å²) in [4.78, 5) is 36.0. The second-order valence-electron chi connectivity index (χ2n) is 3.96. The average Bonchev–Trinajstić information content (AvgIpc) is 2.99. The maximum Gasteiger partial charge on any atom is 0.307 e. The number of ether oxygens (including phenoxy) is 1. The molecule has 0 aliphatic heterocycles. The highest BCUT2D eigenvalue weighted by atomic mass is 16.5. The van der Waals surface area contributed by atoms with Crippen LogP contribution in [0.15, 0.2) is 22.8 Å². The van der Waals surface area contributed by atoms with E-state index in [-0.39, 0.29) is 37.1 Å². The summed E-state index contributed by atoms with van der Waals surface area (Å²) in [5.74, 6) is -0.949. The Morgan fingerprint density at radius 3 is 2.70 bits per heavy atom. The highest BCUT2D eigenvalue weighted by Crippen LogP contribution is 1.99. The fraction of sp³-hybridized carbons (Fsp3) is 0.462. The van der Waals surface area contributed by atoms with Crippen LogP contribution in [0.2, 0.25) is 0 Å². The molecule has 0 aromatic carbocycles. The number of hydrogen-bond acceptors (Lipinski definition) is 5. The first-order valence-corrected chi connectivity index (χ1v) is 6.24. The molecule has 0 aliphatic rings. The number of furan rings is 1. The van der Waals surface area contributed by atoms with Crippen molar-refractivity contribution < 1.29 is 23.5 Å². The second kappa shape index (κ2) is 7.98. The Morgan fingerprint density at radius 2 is 2.15 bits per heavy atom. The molecule has 20 heavy (non-hydrogen) atoms. The lowest BCUT2D eigenvalue weighted by molar-refractivity contribution is -0.141. The summed E-state index contributed by atoms with van der Waals surface area (Å²) in [7, 11) is 1.30. The first-order chi connectivity index (χ1) is 9.58. The van der Waals surface area contributed by atoms with Crippen LogP contribution in [-0.2, 0) is 14.3 Å². The van der Waals surface area contributed by atoms with Crippen LogP contribution in [0.1, 0.15) is 23.9 Å². The molecular weight excluding hydrogens is 264 g/mol. The molecule has 0 unspecified atom stereocenters. The molecule has 2 amide bonds. The SMILES string of the molecule is CCN(CCC(=O)OC)C(=O)CNC(=O)c1ccco1. The molecule has 0 saturated carbocycles. The minimum atomic E-state index is -0.452. The molecule has 110 valence electrons. The Labute approximate surface area is 116 Å². The van der Waals surface area contributed by atoms with Crippen LogP contribution in [0.4, 0.5) is 0 Å². The number of nitrogens with one attached hydrogen (secondary N) is 1. The lowest BCUT2D eigenvalue weighted by Gasteiger charge is -2.20. The molecule has 0 bridgehead atoms. The van der Waals surface area contributed by atoms with Crippen LogP contribution in [0.5, 0.6) is 0 Å². The number of carbonyl (C=O) groups excluding carboxylic acids is 3. The fourth-order valence-electron chi connectivity index (χ4n) is 1.55. The second-order valence-corrected chi connectivity index (χ2v) is 3.96. The highest BCUT2D eigenvalue weighted by Gasteiger charge is 2.15. The Kier molecular flexibility index (Phi) is 6.28. The maximum atomic E-state index is 11.9. The zero-order valence-corrected chi connectivity index (χ0v) is 11.5. The van der Waals surface area contributed by atoms with Crippen LogP contribution in [-0.4, -0.2) is 49.4 Å². The number of methoxy groups -OCH3 is 1. The topological polar surface area (TPSA) is 88.9 Å². The number of nitrogens with zero attached hydrogens (tertiary/aromatic N) is 1. The van der Waals surface area contributed by atoms with Gasteiger partial charge in [-0.25, -0.2) is 0 Å². The maximum absolute atomic E-state index is 11.9. The molecule has 1 aromatic rings. The largest absolute Gasteiger partial charge is 0.469 e. The molecule has 0 atom stereocenters. The fourth-order valence-corrected chi connectivity index (χ4v) is 1.55. The van der Waals surface area contributed by atoms with E-state index >= 15 is 0 Å². The predicted octanol–water partition coefficient (Wildman–Crippen LogP) is 0.421. The summed E-state index contributed by atoms with van der Waals surface area (Å²) in [6.45, 7) is 2.36. The summed E-state index contributed by atoms with van der Waals surface area (Å²) >= 11 is 0. The molecule has 1 aromatic heterocycles. The Hall–Kier alpha value is -2.31. The molecule has 0 saturated heterocycles.